The molecule has 1 atom stereocenters. The van der Waals surface area contributed by atoms with E-state index in [2.05, 4.69) is 16.9 Å². The summed E-state index contributed by atoms with van der Waals surface area (Å²) in [7, 11) is -2.50. The van der Waals surface area contributed by atoms with Crippen molar-refractivity contribution in [2.45, 2.75) is 63.3 Å². The summed E-state index contributed by atoms with van der Waals surface area (Å²) in [5.41, 5.74) is -5.16. The monoisotopic (exact) mass is 1030 g/mol. The van der Waals surface area contributed by atoms with Gasteiger partial charge in [-0.3, -0.25) is 0 Å². The first kappa shape index (κ1) is 51.0. The van der Waals surface area contributed by atoms with Gasteiger partial charge >= 0.3 is 26.6 Å². The van der Waals surface area contributed by atoms with Crippen LogP contribution in [-0.4, -0.2) is 52.7 Å². The Hall–Kier alpha value is -3.00. The molecule has 4 aromatic rings. The van der Waals surface area contributed by atoms with Crippen LogP contribution in [0.25, 0.3) is 5.57 Å². The Balaban J connectivity index is 0.000000197. The van der Waals surface area contributed by atoms with Crippen molar-refractivity contribution in [3.05, 3.63) is 130 Å². The van der Waals surface area contributed by atoms with Crippen molar-refractivity contribution < 1.29 is 64.5 Å². The van der Waals surface area contributed by atoms with Crippen LogP contribution in [0.2, 0.25) is 30.1 Å². The average molecular weight is 1030 g/mol. The summed E-state index contributed by atoms with van der Waals surface area (Å²) in [6.45, 7) is 9.70. The van der Waals surface area contributed by atoms with Gasteiger partial charge in [-0.15, -0.1) is 0 Å². The molecule has 1 unspecified atom stereocenters. The SMILES string of the molecule is C=C(c1cc(Cl)c(Cl)c(Cl)c1)C(F)(F)F.CC1(C)OB(O)c2cc(F)c(C(Cl)=NO)cc21.CC1(C)OB(O)c2cc(F)c(C3=NOC(c4cc(Cl)c(Cl)c(Cl)c4)(C(F)(F)F)C3)cc21. The normalized spacial score (nSPS) is 18.7. The minimum atomic E-state index is -4.94. The van der Waals surface area contributed by atoms with Gasteiger partial charge in [0.15, 0.2) is 5.17 Å². The summed E-state index contributed by atoms with van der Waals surface area (Å²) in [4.78, 5) is 4.91. The number of allylic oxidation sites excluding steroid dienone is 1. The van der Waals surface area contributed by atoms with Crippen molar-refractivity contribution in [2.75, 3.05) is 0 Å². The second-order valence-corrected chi connectivity index (χ2v) is 17.5. The first-order valence-corrected chi connectivity index (χ1v) is 20.2. The molecule has 0 saturated heterocycles. The molecule has 0 radical (unpaired) electrons. The highest BCUT2D eigenvalue weighted by Gasteiger charge is 2.63. The van der Waals surface area contributed by atoms with E-state index in [0.29, 0.717) is 16.6 Å². The molecule has 336 valence electrons. The lowest BCUT2D eigenvalue weighted by molar-refractivity contribution is -0.275. The second kappa shape index (κ2) is 18.4. The molecule has 7 rings (SSSR count). The van der Waals surface area contributed by atoms with E-state index in [0.717, 1.165) is 36.4 Å². The van der Waals surface area contributed by atoms with Crippen molar-refractivity contribution in [3.63, 3.8) is 0 Å². The number of rotatable bonds is 4. The third-order valence-electron chi connectivity index (χ3n) is 9.85. The highest BCUT2D eigenvalue weighted by molar-refractivity contribution is 6.69. The molecule has 3 N–H and O–H groups in total. The van der Waals surface area contributed by atoms with Gasteiger partial charge in [0, 0.05) is 11.1 Å². The van der Waals surface area contributed by atoms with Crippen LogP contribution in [0.4, 0.5) is 35.1 Å². The fourth-order valence-electron chi connectivity index (χ4n) is 6.60. The fraction of sp³-hybridized carbons (Fsp3) is 0.263. The van der Waals surface area contributed by atoms with Gasteiger partial charge in [0.05, 0.1) is 64.6 Å². The number of nitrogens with zero attached hydrogens (tertiary/aromatic N) is 2. The van der Waals surface area contributed by atoms with Gasteiger partial charge in [-0.25, -0.2) is 8.78 Å². The standard InChI is InChI=1S/C19H13BCl3F4NO3.C10H10BClFNO3.C9H4Cl3F3/c1-17(2)10-5-9(14(24)6-11(10)20(29)30-17)15-7-18(31-28-15,19(25,26)27)8-3-12(21)16(23)13(22)4-8;1-10(2)6-3-5(9(12)14-16)8(13)4-7(6)11(15)17-10;1-4(9(13,14)15)5-2-6(10)8(12)7(11)3-5/h3-6,29H,7H2,1-2H3;3-4,15-16H,1-2H3;2-3H,1H2. The van der Waals surface area contributed by atoms with Crippen molar-refractivity contribution in [1.82, 2.24) is 0 Å². The highest BCUT2D eigenvalue weighted by Crippen LogP contribution is 2.51. The van der Waals surface area contributed by atoms with E-state index in [4.69, 9.17) is 101 Å². The number of benzene rings is 4. The van der Waals surface area contributed by atoms with E-state index in [-0.39, 0.29) is 63.2 Å². The molecule has 0 fully saturated rings. The van der Waals surface area contributed by atoms with Crippen molar-refractivity contribution in [3.8, 4) is 0 Å². The Morgan fingerprint density at radius 3 is 1.62 bits per heavy atom. The van der Waals surface area contributed by atoms with Crippen LogP contribution >= 0.6 is 81.2 Å². The van der Waals surface area contributed by atoms with Gasteiger partial charge in [0.25, 0.3) is 5.60 Å². The minimum Gasteiger partial charge on any atom is -0.423 e. The molecule has 0 aliphatic carbocycles. The number of oxime groups is 2. The van der Waals surface area contributed by atoms with E-state index in [9.17, 15) is 45.2 Å². The van der Waals surface area contributed by atoms with Crippen LogP contribution < -0.4 is 10.9 Å². The first-order valence-electron chi connectivity index (χ1n) is 17.5. The van der Waals surface area contributed by atoms with Crippen molar-refractivity contribution in [2.24, 2.45) is 10.3 Å². The molecule has 3 aliphatic rings. The summed E-state index contributed by atoms with van der Waals surface area (Å²) in [6.07, 6.45) is -10.3. The van der Waals surface area contributed by atoms with Crippen molar-refractivity contribution >= 4 is 123 Å². The third-order valence-corrected chi connectivity index (χ3v) is 12.5. The lowest BCUT2D eigenvalue weighted by atomic mass is 9.77. The molecule has 4 aromatic carbocycles. The second-order valence-electron chi connectivity index (χ2n) is 14.8. The maximum absolute atomic E-state index is 14.8. The zero-order chi connectivity index (χ0) is 47.5. The summed E-state index contributed by atoms with van der Waals surface area (Å²) in [6, 6.07) is 9.04. The summed E-state index contributed by atoms with van der Waals surface area (Å²) in [5.74, 6) is -1.54. The van der Waals surface area contributed by atoms with E-state index in [1.807, 2.05) is 0 Å². The number of halogens is 15. The van der Waals surface area contributed by atoms with Gasteiger partial charge in [-0.2, -0.15) is 26.3 Å². The maximum atomic E-state index is 14.8. The molecular weight excluding hydrogens is 1000 g/mol. The van der Waals surface area contributed by atoms with Gasteiger partial charge < -0.3 is 29.4 Å². The third kappa shape index (κ3) is 10.2. The predicted octanol–water partition coefficient (Wildman–Crippen LogP) is 11.7. The average Bonchev–Trinajstić information content (AvgIpc) is 3.80. The van der Waals surface area contributed by atoms with Crippen LogP contribution in [0.5, 0.6) is 0 Å². The maximum Gasteiger partial charge on any atom is 0.492 e. The Morgan fingerprint density at radius 1 is 0.730 bits per heavy atom. The number of alkyl halides is 6. The highest BCUT2D eigenvalue weighted by atomic mass is 35.5. The summed E-state index contributed by atoms with van der Waals surface area (Å²) >= 11 is 40.1. The molecule has 0 bridgehead atoms. The molecule has 3 heterocycles. The first-order chi connectivity index (χ1) is 28.9. The Morgan fingerprint density at radius 2 is 1.17 bits per heavy atom. The zero-order valence-corrected chi connectivity index (χ0v) is 37.6. The van der Waals surface area contributed by atoms with Crippen molar-refractivity contribution in [1.29, 1.82) is 0 Å². The number of hydrogen-bond donors (Lipinski definition) is 3. The van der Waals surface area contributed by atoms with Gasteiger partial charge in [0.2, 0.25) is 0 Å². The van der Waals surface area contributed by atoms with Crippen LogP contribution in [0.1, 0.15) is 67.5 Å². The lowest BCUT2D eigenvalue weighted by Crippen LogP contribution is -2.42. The van der Waals surface area contributed by atoms with E-state index >= 15 is 0 Å². The Bertz CT molecular complexity index is 2520. The molecule has 3 aliphatic heterocycles. The number of hydrogen-bond acceptors (Lipinski definition) is 8. The molecule has 0 spiro atoms. The lowest BCUT2D eigenvalue weighted by Gasteiger charge is -2.30. The molecule has 8 nitrogen and oxygen atoms in total. The molecule has 25 heteroatoms. The van der Waals surface area contributed by atoms with Crippen LogP contribution in [0.3, 0.4) is 0 Å². The molecule has 63 heavy (non-hydrogen) atoms. The van der Waals surface area contributed by atoms with E-state index in [1.165, 1.54) is 12.1 Å². The fourth-order valence-corrected chi connectivity index (χ4v) is 7.94. The van der Waals surface area contributed by atoms with Gasteiger partial charge in [0.1, 0.15) is 11.6 Å². The Kier molecular flexibility index (Phi) is 14.9. The molecule has 0 aromatic heterocycles. The van der Waals surface area contributed by atoms with Crippen LogP contribution in [0, 0.1) is 11.6 Å². The Labute approximate surface area is 389 Å². The van der Waals surface area contributed by atoms with E-state index in [1.54, 1.807) is 27.7 Å². The quantitative estimate of drug-likeness (QED) is 0.0469. The van der Waals surface area contributed by atoms with Gasteiger partial charge in [-0.1, -0.05) is 98.1 Å². The topological polar surface area (TPSA) is 113 Å². The summed E-state index contributed by atoms with van der Waals surface area (Å²) in [5, 5.41) is 33.6. The number of fused-ring (bicyclic) bond motifs is 2. The molecule has 0 amide bonds. The van der Waals surface area contributed by atoms with Crippen LogP contribution in [-0.2, 0) is 30.9 Å². The predicted molar refractivity (Wildman–Crippen MR) is 228 cm³/mol. The van der Waals surface area contributed by atoms with Crippen LogP contribution in [0.15, 0.2) is 65.4 Å². The van der Waals surface area contributed by atoms with Gasteiger partial charge in [-0.05, 0) is 104 Å². The largest absolute Gasteiger partial charge is 0.492 e. The zero-order valence-electron chi connectivity index (χ0n) is 32.3. The molecular formula is C38H27B2Cl7F8N2O6. The van der Waals surface area contributed by atoms with E-state index < -0.39 is 72.6 Å². The molecule has 0 saturated carbocycles. The smallest absolute Gasteiger partial charge is 0.423 e. The summed E-state index contributed by atoms with van der Waals surface area (Å²) < 4.78 is 119. The minimum absolute atomic E-state index is 0.0251.